The average Bonchev–Trinajstić information content (AvgIpc) is 2.50. The van der Waals surface area contributed by atoms with E-state index in [1.165, 1.54) is 0 Å². The van der Waals surface area contributed by atoms with Gasteiger partial charge in [0.2, 0.25) is 5.91 Å². The van der Waals surface area contributed by atoms with E-state index in [1.54, 1.807) is 23.1 Å². The third-order valence-electron chi connectivity index (χ3n) is 3.84. The number of β-amino-alcohol motifs (C(OH)–C–C–N with tert-alkyl or cyclic N) is 1. The molecule has 1 unspecified atom stereocenters. The Morgan fingerprint density at radius 2 is 2.14 bits per heavy atom. The highest BCUT2D eigenvalue weighted by molar-refractivity contribution is 5.88. The number of fused-ring (bicyclic) bond motifs is 1. The number of nitrogens with zero attached hydrogens (tertiary/aromatic N) is 2. The molecule has 0 saturated carbocycles. The van der Waals surface area contributed by atoms with Crippen LogP contribution in [0.4, 0.5) is 0 Å². The standard InChI is InChI=1S/C15H17N3O3/c19-10-4-3-7-18(9-10)14(20)8-13-11-5-1-2-6-12(11)15(21)17-16-13/h1-2,5-6,10,19H,3-4,7-9H2,(H,17,21). The second-order valence-electron chi connectivity index (χ2n) is 5.36. The van der Waals surface area contributed by atoms with Crippen molar-refractivity contribution in [2.75, 3.05) is 13.1 Å². The molecule has 3 rings (SSSR count). The first-order valence-electron chi connectivity index (χ1n) is 7.07. The topological polar surface area (TPSA) is 86.3 Å². The Balaban J connectivity index is 1.86. The number of nitrogens with one attached hydrogen (secondary N) is 1. The first kappa shape index (κ1) is 13.8. The summed E-state index contributed by atoms with van der Waals surface area (Å²) in [4.78, 5) is 25.7. The first-order valence-corrected chi connectivity index (χ1v) is 7.07. The minimum atomic E-state index is -0.442. The number of aliphatic hydroxyl groups excluding tert-OH is 1. The number of aromatic amines is 1. The molecule has 6 heteroatoms. The van der Waals surface area contributed by atoms with E-state index in [9.17, 15) is 14.7 Å². The van der Waals surface area contributed by atoms with Crippen LogP contribution in [-0.4, -0.2) is 45.3 Å². The van der Waals surface area contributed by atoms with Gasteiger partial charge >= 0.3 is 0 Å². The number of piperidine rings is 1. The number of H-pyrrole nitrogens is 1. The molecule has 2 N–H and O–H groups in total. The molecule has 110 valence electrons. The normalized spacial score (nSPS) is 18.9. The minimum absolute atomic E-state index is 0.0709. The van der Waals surface area contributed by atoms with Crippen molar-refractivity contribution < 1.29 is 9.90 Å². The molecule has 21 heavy (non-hydrogen) atoms. The molecular weight excluding hydrogens is 270 g/mol. The van der Waals surface area contributed by atoms with Crippen molar-refractivity contribution in [1.82, 2.24) is 15.1 Å². The van der Waals surface area contributed by atoms with E-state index < -0.39 is 6.10 Å². The number of likely N-dealkylation sites (tertiary alicyclic amines) is 1. The summed E-state index contributed by atoms with van der Waals surface area (Å²) in [5, 5.41) is 17.3. The van der Waals surface area contributed by atoms with Crippen molar-refractivity contribution in [3.8, 4) is 0 Å². The van der Waals surface area contributed by atoms with E-state index in [1.807, 2.05) is 6.07 Å². The van der Waals surface area contributed by atoms with E-state index in [-0.39, 0.29) is 17.9 Å². The number of aliphatic hydroxyl groups is 1. The zero-order valence-corrected chi connectivity index (χ0v) is 11.6. The van der Waals surface area contributed by atoms with Crippen molar-refractivity contribution in [3.05, 3.63) is 40.3 Å². The van der Waals surface area contributed by atoms with Crippen molar-refractivity contribution in [2.24, 2.45) is 0 Å². The van der Waals surface area contributed by atoms with Gasteiger partial charge in [0.05, 0.1) is 23.6 Å². The number of hydrogen-bond donors (Lipinski definition) is 2. The van der Waals surface area contributed by atoms with E-state index in [0.717, 1.165) is 12.8 Å². The highest BCUT2D eigenvalue weighted by Gasteiger charge is 2.23. The fourth-order valence-electron chi connectivity index (χ4n) is 2.74. The molecule has 0 radical (unpaired) electrons. The minimum Gasteiger partial charge on any atom is -0.391 e. The second kappa shape index (κ2) is 5.65. The van der Waals surface area contributed by atoms with E-state index in [2.05, 4.69) is 10.2 Å². The van der Waals surface area contributed by atoms with Crippen LogP contribution < -0.4 is 5.56 Å². The number of carbonyl (C=O) groups is 1. The maximum atomic E-state index is 12.3. The summed E-state index contributed by atoms with van der Waals surface area (Å²) < 4.78 is 0. The number of aromatic nitrogens is 2. The Kier molecular flexibility index (Phi) is 3.70. The molecule has 1 aliphatic heterocycles. The van der Waals surface area contributed by atoms with E-state index in [4.69, 9.17) is 0 Å². The number of carbonyl (C=O) groups excluding carboxylic acids is 1. The van der Waals surface area contributed by atoms with Crippen molar-refractivity contribution >= 4 is 16.7 Å². The highest BCUT2D eigenvalue weighted by atomic mass is 16.3. The van der Waals surface area contributed by atoms with Crippen LogP contribution in [0.2, 0.25) is 0 Å². The number of hydrogen-bond acceptors (Lipinski definition) is 4. The average molecular weight is 287 g/mol. The molecule has 1 aliphatic rings. The maximum absolute atomic E-state index is 12.3. The Morgan fingerprint density at radius 1 is 1.38 bits per heavy atom. The van der Waals surface area contributed by atoms with Gasteiger partial charge < -0.3 is 10.0 Å². The Hall–Kier alpha value is -2.21. The molecule has 1 fully saturated rings. The zero-order chi connectivity index (χ0) is 14.8. The lowest BCUT2D eigenvalue weighted by molar-refractivity contribution is -0.133. The predicted octanol–water partition coefficient (Wildman–Crippen LogP) is 0.449. The van der Waals surface area contributed by atoms with Gasteiger partial charge in [-0.2, -0.15) is 5.10 Å². The van der Waals surface area contributed by atoms with Gasteiger partial charge in [-0.25, -0.2) is 5.10 Å². The van der Waals surface area contributed by atoms with Crippen LogP contribution >= 0.6 is 0 Å². The van der Waals surface area contributed by atoms with Gasteiger partial charge in [-0.3, -0.25) is 9.59 Å². The van der Waals surface area contributed by atoms with E-state index >= 15 is 0 Å². The monoisotopic (exact) mass is 287 g/mol. The van der Waals surface area contributed by atoms with Crippen LogP contribution in [-0.2, 0) is 11.2 Å². The molecule has 1 saturated heterocycles. The van der Waals surface area contributed by atoms with Gasteiger partial charge in [-0.15, -0.1) is 0 Å². The molecule has 0 aliphatic carbocycles. The predicted molar refractivity (Wildman–Crippen MR) is 77.9 cm³/mol. The Bertz CT molecular complexity index is 725. The van der Waals surface area contributed by atoms with Crippen LogP contribution in [0.5, 0.6) is 0 Å². The molecule has 6 nitrogen and oxygen atoms in total. The summed E-state index contributed by atoms with van der Waals surface area (Å²) in [5.41, 5.74) is 0.311. The van der Waals surface area contributed by atoms with Gasteiger partial charge in [0.15, 0.2) is 0 Å². The molecule has 0 spiro atoms. The third-order valence-corrected chi connectivity index (χ3v) is 3.84. The SMILES string of the molecule is O=C(Cc1n[nH]c(=O)c2ccccc12)N1CCCC(O)C1. The van der Waals surface area contributed by atoms with Gasteiger partial charge in [0, 0.05) is 18.5 Å². The fourth-order valence-corrected chi connectivity index (χ4v) is 2.74. The van der Waals surface area contributed by atoms with Crippen molar-refractivity contribution in [3.63, 3.8) is 0 Å². The van der Waals surface area contributed by atoms with Gasteiger partial charge in [0.25, 0.3) is 5.56 Å². The van der Waals surface area contributed by atoms with Crippen LogP contribution in [0, 0.1) is 0 Å². The fraction of sp³-hybridized carbons (Fsp3) is 0.400. The third kappa shape index (κ3) is 2.80. The summed E-state index contributed by atoms with van der Waals surface area (Å²) in [6, 6.07) is 7.12. The van der Waals surface area contributed by atoms with Crippen LogP contribution in [0.3, 0.4) is 0 Å². The molecule has 2 aromatic rings. The summed E-state index contributed by atoms with van der Waals surface area (Å²) in [6.07, 6.45) is 1.24. The largest absolute Gasteiger partial charge is 0.391 e. The summed E-state index contributed by atoms with van der Waals surface area (Å²) >= 11 is 0. The quantitative estimate of drug-likeness (QED) is 0.839. The summed E-state index contributed by atoms with van der Waals surface area (Å²) in [6.45, 7) is 1.04. The zero-order valence-electron chi connectivity index (χ0n) is 11.6. The van der Waals surface area contributed by atoms with Gasteiger partial charge in [-0.05, 0) is 18.9 Å². The van der Waals surface area contributed by atoms with Gasteiger partial charge in [0.1, 0.15) is 0 Å². The lowest BCUT2D eigenvalue weighted by atomic mass is 10.1. The molecule has 1 aromatic carbocycles. The van der Waals surface area contributed by atoms with E-state index in [0.29, 0.717) is 29.6 Å². The van der Waals surface area contributed by atoms with Crippen LogP contribution in [0.15, 0.2) is 29.1 Å². The smallest absolute Gasteiger partial charge is 0.272 e. The van der Waals surface area contributed by atoms with Crippen LogP contribution in [0.1, 0.15) is 18.5 Å². The molecular formula is C15H17N3O3. The van der Waals surface area contributed by atoms with Crippen molar-refractivity contribution in [1.29, 1.82) is 0 Å². The highest BCUT2D eigenvalue weighted by Crippen LogP contribution is 2.15. The molecule has 2 heterocycles. The number of benzene rings is 1. The lowest BCUT2D eigenvalue weighted by Crippen LogP contribution is -2.43. The Morgan fingerprint density at radius 3 is 2.90 bits per heavy atom. The lowest BCUT2D eigenvalue weighted by Gasteiger charge is -2.30. The number of rotatable bonds is 2. The summed E-state index contributed by atoms with van der Waals surface area (Å²) in [5.74, 6) is -0.0709. The second-order valence-corrected chi connectivity index (χ2v) is 5.36. The maximum Gasteiger partial charge on any atom is 0.272 e. The summed E-state index contributed by atoms with van der Waals surface area (Å²) in [7, 11) is 0. The molecule has 1 aromatic heterocycles. The first-order chi connectivity index (χ1) is 10.1. The molecule has 1 amide bonds. The molecule has 1 atom stereocenters. The Labute approximate surface area is 121 Å². The van der Waals surface area contributed by atoms with Crippen molar-refractivity contribution in [2.45, 2.75) is 25.4 Å². The van der Waals surface area contributed by atoms with Crippen LogP contribution in [0.25, 0.3) is 10.8 Å². The number of amides is 1. The van der Waals surface area contributed by atoms with Gasteiger partial charge in [-0.1, -0.05) is 18.2 Å². The molecule has 0 bridgehead atoms.